The van der Waals surface area contributed by atoms with E-state index < -0.39 is 6.10 Å². The van der Waals surface area contributed by atoms with E-state index in [4.69, 9.17) is 14.2 Å². The number of hydrogen-bond donors (Lipinski definition) is 2. The summed E-state index contributed by atoms with van der Waals surface area (Å²) in [5.41, 5.74) is 0.997. The van der Waals surface area contributed by atoms with Crippen molar-refractivity contribution in [3.8, 4) is 0 Å². The minimum Gasteiger partial charge on any atom is -0.461 e. The molecule has 1 aromatic rings. The van der Waals surface area contributed by atoms with Crippen molar-refractivity contribution in [1.82, 2.24) is 0 Å². The molecule has 3 rings (SSSR count). The summed E-state index contributed by atoms with van der Waals surface area (Å²) in [6.45, 7) is 3.24. The molecule has 2 N–H and O–H groups in total. The Morgan fingerprint density at radius 1 is 1.11 bits per heavy atom. The fourth-order valence-corrected chi connectivity index (χ4v) is 5.76. The summed E-state index contributed by atoms with van der Waals surface area (Å²) in [7, 11) is 0. The Hall–Kier alpha value is -1.73. The van der Waals surface area contributed by atoms with Gasteiger partial charge in [0.1, 0.15) is 6.61 Å². The number of esters is 1. The number of ether oxygens (including phenoxy) is 3. The second kappa shape index (κ2) is 17.8. The lowest BCUT2D eigenvalue weighted by Crippen LogP contribution is -2.31. The summed E-state index contributed by atoms with van der Waals surface area (Å²) in [4.78, 5) is 12.0. The van der Waals surface area contributed by atoms with Gasteiger partial charge in [0.15, 0.2) is 6.29 Å². The predicted molar refractivity (Wildman–Crippen MR) is 149 cm³/mol. The maximum atomic E-state index is 12.0. The van der Waals surface area contributed by atoms with Crippen molar-refractivity contribution >= 4 is 5.97 Å². The third-order valence-corrected chi connectivity index (χ3v) is 8.00. The van der Waals surface area contributed by atoms with Gasteiger partial charge in [-0.3, -0.25) is 4.79 Å². The summed E-state index contributed by atoms with van der Waals surface area (Å²) < 4.78 is 17.6. The number of allylic oxidation sites excluding steroid dienone is 2. The lowest BCUT2D eigenvalue weighted by atomic mass is 9.85. The SMILES string of the molecule is CCCCCC(O)CC[C@H]1[C@H](OC2CCCCO2)CC(O)[C@@H]1C/C=C\CCCC(=O)OCc1ccccc1. The molecular weight excluding hydrogens is 480 g/mol. The van der Waals surface area contributed by atoms with Gasteiger partial charge < -0.3 is 24.4 Å². The fraction of sp³-hybridized carbons (Fsp3) is 0.719. The predicted octanol–water partition coefficient (Wildman–Crippen LogP) is 6.48. The molecule has 3 unspecified atom stereocenters. The molecule has 0 radical (unpaired) electrons. The first kappa shape index (κ1) is 30.8. The largest absolute Gasteiger partial charge is 0.461 e. The zero-order valence-corrected chi connectivity index (χ0v) is 23.3. The van der Waals surface area contributed by atoms with Crippen molar-refractivity contribution in [3.05, 3.63) is 48.0 Å². The summed E-state index contributed by atoms with van der Waals surface area (Å²) in [5.74, 6) is 0.142. The number of aliphatic hydroxyl groups is 2. The van der Waals surface area contributed by atoms with Gasteiger partial charge in [0.2, 0.25) is 0 Å². The molecule has 1 saturated heterocycles. The molecule has 6 heteroatoms. The fourth-order valence-electron chi connectivity index (χ4n) is 5.76. The molecule has 214 valence electrons. The first-order valence-electron chi connectivity index (χ1n) is 15.0. The van der Waals surface area contributed by atoms with Crippen LogP contribution in [0.4, 0.5) is 0 Å². The van der Waals surface area contributed by atoms with Crippen LogP contribution in [0.3, 0.4) is 0 Å². The molecule has 0 spiro atoms. The lowest BCUT2D eigenvalue weighted by Gasteiger charge is -2.30. The molecule has 1 aromatic carbocycles. The highest BCUT2D eigenvalue weighted by Gasteiger charge is 2.43. The molecule has 0 aromatic heterocycles. The van der Waals surface area contributed by atoms with Crippen LogP contribution >= 0.6 is 0 Å². The third kappa shape index (κ3) is 11.2. The monoisotopic (exact) mass is 530 g/mol. The van der Waals surface area contributed by atoms with Crippen LogP contribution in [0.15, 0.2) is 42.5 Å². The normalized spacial score (nSPS) is 26.6. The van der Waals surface area contributed by atoms with Crippen LogP contribution in [-0.2, 0) is 25.6 Å². The number of aliphatic hydroxyl groups excluding tert-OH is 2. The topological polar surface area (TPSA) is 85.2 Å². The minimum atomic E-state index is -0.413. The Morgan fingerprint density at radius 2 is 1.95 bits per heavy atom. The molecule has 1 saturated carbocycles. The van der Waals surface area contributed by atoms with Crippen LogP contribution in [0.2, 0.25) is 0 Å². The summed E-state index contributed by atoms with van der Waals surface area (Å²) >= 11 is 0. The third-order valence-electron chi connectivity index (χ3n) is 8.00. The van der Waals surface area contributed by atoms with Gasteiger partial charge in [-0.15, -0.1) is 0 Å². The van der Waals surface area contributed by atoms with E-state index in [-0.39, 0.29) is 36.3 Å². The van der Waals surface area contributed by atoms with Crippen molar-refractivity contribution in [2.75, 3.05) is 6.61 Å². The molecule has 2 aliphatic rings. The van der Waals surface area contributed by atoms with Gasteiger partial charge in [-0.1, -0.05) is 68.7 Å². The number of hydrogen-bond acceptors (Lipinski definition) is 6. The van der Waals surface area contributed by atoms with Crippen LogP contribution in [0.5, 0.6) is 0 Å². The van der Waals surface area contributed by atoms with Crippen molar-refractivity contribution in [2.24, 2.45) is 11.8 Å². The average Bonchev–Trinajstić information content (AvgIpc) is 3.22. The van der Waals surface area contributed by atoms with Crippen molar-refractivity contribution in [1.29, 1.82) is 0 Å². The molecule has 0 amide bonds. The minimum absolute atomic E-state index is 0.0336. The molecule has 1 aliphatic heterocycles. The Bertz CT molecular complexity index is 790. The first-order chi connectivity index (χ1) is 18.6. The van der Waals surface area contributed by atoms with Crippen LogP contribution in [-0.4, -0.2) is 47.4 Å². The van der Waals surface area contributed by atoms with E-state index in [1.54, 1.807) is 0 Å². The van der Waals surface area contributed by atoms with Gasteiger partial charge in [-0.05, 0) is 75.2 Å². The second-order valence-corrected chi connectivity index (χ2v) is 11.1. The number of rotatable bonds is 17. The quantitative estimate of drug-likeness (QED) is 0.136. The molecule has 2 fully saturated rings. The van der Waals surface area contributed by atoms with Gasteiger partial charge in [0.05, 0.1) is 18.3 Å². The second-order valence-electron chi connectivity index (χ2n) is 11.1. The van der Waals surface area contributed by atoms with E-state index in [1.165, 1.54) is 0 Å². The van der Waals surface area contributed by atoms with Gasteiger partial charge in [0, 0.05) is 19.4 Å². The first-order valence-corrected chi connectivity index (χ1v) is 15.0. The number of carbonyl (C=O) groups excluding carboxylic acids is 1. The highest BCUT2D eigenvalue weighted by atomic mass is 16.7. The Balaban J connectivity index is 1.43. The van der Waals surface area contributed by atoms with Gasteiger partial charge in [0.25, 0.3) is 0 Å². The van der Waals surface area contributed by atoms with Crippen molar-refractivity contribution in [3.63, 3.8) is 0 Å². The standard InChI is InChI=1S/C32H50O6/c1-2-3-7-16-26(33)20-21-28-27(29(34)23-30(28)38-32-19-12-13-22-36-32)17-10-4-5-11-18-31(35)37-24-25-14-8-6-9-15-25/h4,6,8-10,14-15,26-30,32-34H,2-3,5,7,11-13,16-24H2,1H3/b10-4-/t26?,27-,28-,29?,30-,32?/m1/s1. The zero-order valence-electron chi connectivity index (χ0n) is 23.3. The molecule has 1 aliphatic carbocycles. The molecule has 1 heterocycles. The Kier molecular flexibility index (Phi) is 14.4. The summed E-state index contributed by atoms with van der Waals surface area (Å²) in [6.07, 6.45) is 15.6. The van der Waals surface area contributed by atoms with Crippen LogP contribution in [0.25, 0.3) is 0 Å². The van der Waals surface area contributed by atoms with E-state index >= 15 is 0 Å². The number of unbranched alkanes of at least 4 members (excludes halogenated alkanes) is 3. The van der Waals surface area contributed by atoms with E-state index in [0.29, 0.717) is 19.4 Å². The number of benzene rings is 1. The summed E-state index contributed by atoms with van der Waals surface area (Å²) in [6, 6.07) is 9.72. The molecule has 6 atom stereocenters. The van der Waals surface area contributed by atoms with Crippen molar-refractivity contribution in [2.45, 2.75) is 128 Å². The number of carbonyl (C=O) groups is 1. The summed E-state index contributed by atoms with van der Waals surface area (Å²) in [5, 5.41) is 21.5. The van der Waals surface area contributed by atoms with Gasteiger partial charge >= 0.3 is 5.97 Å². The lowest BCUT2D eigenvalue weighted by molar-refractivity contribution is -0.196. The van der Waals surface area contributed by atoms with Crippen LogP contribution < -0.4 is 0 Å². The Labute approximate surface area is 229 Å². The maximum Gasteiger partial charge on any atom is 0.306 e. The Morgan fingerprint density at radius 3 is 2.71 bits per heavy atom. The van der Waals surface area contributed by atoms with E-state index in [0.717, 1.165) is 89.2 Å². The van der Waals surface area contributed by atoms with Crippen molar-refractivity contribution < 1.29 is 29.2 Å². The highest BCUT2D eigenvalue weighted by Crippen LogP contribution is 2.41. The highest BCUT2D eigenvalue weighted by molar-refractivity contribution is 5.69. The van der Waals surface area contributed by atoms with E-state index in [2.05, 4.69) is 19.1 Å². The zero-order chi connectivity index (χ0) is 27.0. The molecule has 6 nitrogen and oxygen atoms in total. The molecule has 0 bridgehead atoms. The molecular formula is C32H50O6. The van der Waals surface area contributed by atoms with Crippen LogP contribution in [0, 0.1) is 11.8 Å². The van der Waals surface area contributed by atoms with E-state index in [1.807, 2.05) is 30.3 Å². The van der Waals surface area contributed by atoms with Gasteiger partial charge in [-0.2, -0.15) is 0 Å². The van der Waals surface area contributed by atoms with Crippen LogP contribution in [0.1, 0.15) is 102 Å². The smallest absolute Gasteiger partial charge is 0.306 e. The van der Waals surface area contributed by atoms with Gasteiger partial charge in [-0.25, -0.2) is 0 Å². The average molecular weight is 531 g/mol. The molecule has 38 heavy (non-hydrogen) atoms. The maximum absolute atomic E-state index is 12.0. The van der Waals surface area contributed by atoms with E-state index in [9.17, 15) is 15.0 Å².